The fraction of sp³-hybridized carbons (Fsp3) is 0.0909. The monoisotopic (exact) mass is 225 g/mol. The fourth-order valence-electron chi connectivity index (χ4n) is 1.43. The van der Waals surface area contributed by atoms with Crippen LogP contribution < -0.4 is 5.73 Å². The molecule has 1 aromatic carbocycles. The van der Waals surface area contributed by atoms with E-state index in [4.69, 9.17) is 5.73 Å². The molecule has 0 radical (unpaired) electrons. The molecule has 0 saturated carbocycles. The molecular weight excluding hydrogens is 216 g/mol. The number of rotatable bonds is 2. The van der Waals surface area contributed by atoms with Gasteiger partial charge in [0, 0.05) is 5.56 Å². The molecule has 0 saturated heterocycles. The summed E-state index contributed by atoms with van der Waals surface area (Å²) in [6.45, 7) is 0. The number of hydrogen-bond acceptors (Lipinski definition) is 2. The molecule has 0 unspecified atom stereocenters. The van der Waals surface area contributed by atoms with Gasteiger partial charge in [0.25, 0.3) is 0 Å². The second-order valence-electron chi connectivity index (χ2n) is 3.17. The first kappa shape index (κ1) is 10.3. The van der Waals surface area contributed by atoms with Crippen LogP contribution >= 0.6 is 11.3 Å². The van der Waals surface area contributed by atoms with Crippen LogP contribution in [0.25, 0.3) is 0 Å². The fourth-order valence-corrected chi connectivity index (χ4v) is 2.12. The molecule has 0 amide bonds. The summed E-state index contributed by atoms with van der Waals surface area (Å²) in [5, 5.41) is 3.62. The van der Waals surface area contributed by atoms with Crippen molar-refractivity contribution in [3.8, 4) is 0 Å². The van der Waals surface area contributed by atoms with Crippen LogP contribution in [0, 0.1) is 11.6 Å². The quantitative estimate of drug-likeness (QED) is 0.835. The summed E-state index contributed by atoms with van der Waals surface area (Å²) in [5.74, 6) is -1.21. The minimum absolute atomic E-state index is 0.0732. The average molecular weight is 225 g/mol. The molecule has 0 spiro atoms. The molecule has 1 nitrogen and oxygen atoms in total. The van der Waals surface area contributed by atoms with E-state index in [0.29, 0.717) is 0 Å². The molecule has 0 aliphatic heterocycles. The zero-order chi connectivity index (χ0) is 10.8. The highest BCUT2D eigenvalue weighted by atomic mass is 32.1. The average Bonchev–Trinajstić information content (AvgIpc) is 2.69. The van der Waals surface area contributed by atoms with Crippen molar-refractivity contribution in [2.75, 3.05) is 0 Å². The van der Waals surface area contributed by atoms with E-state index in [9.17, 15) is 8.78 Å². The molecule has 2 rings (SSSR count). The molecule has 1 aromatic heterocycles. The lowest BCUT2D eigenvalue weighted by Gasteiger charge is -2.12. The maximum absolute atomic E-state index is 13.4. The van der Waals surface area contributed by atoms with E-state index in [0.717, 1.165) is 5.56 Å². The van der Waals surface area contributed by atoms with E-state index in [1.54, 1.807) is 11.4 Å². The van der Waals surface area contributed by atoms with Gasteiger partial charge in [-0.15, -0.1) is 0 Å². The van der Waals surface area contributed by atoms with E-state index in [1.165, 1.54) is 29.5 Å². The minimum Gasteiger partial charge on any atom is -0.320 e. The van der Waals surface area contributed by atoms with Crippen LogP contribution in [0.2, 0.25) is 0 Å². The Morgan fingerprint density at radius 2 is 1.80 bits per heavy atom. The Morgan fingerprint density at radius 3 is 2.33 bits per heavy atom. The Kier molecular flexibility index (Phi) is 2.79. The summed E-state index contributed by atoms with van der Waals surface area (Å²) in [7, 11) is 0. The van der Waals surface area contributed by atoms with Crippen molar-refractivity contribution >= 4 is 11.3 Å². The first-order valence-electron chi connectivity index (χ1n) is 4.41. The zero-order valence-corrected chi connectivity index (χ0v) is 8.60. The normalized spacial score (nSPS) is 12.7. The van der Waals surface area contributed by atoms with Gasteiger partial charge < -0.3 is 5.73 Å². The molecule has 78 valence electrons. The highest BCUT2D eigenvalue weighted by molar-refractivity contribution is 7.08. The lowest BCUT2D eigenvalue weighted by Crippen LogP contribution is -2.14. The molecule has 4 heteroatoms. The van der Waals surface area contributed by atoms with Gasteiger partial charge in [-0.05, 0) is 34.5 Å². The minimum atomic E-state index is -0.738. The lowest BCUT2D eigenvalue weighted by molar-refractivity contribution is 0.543. The van der Waals surface area contributed by atoms with Crippen LogP contribution in [-0.2, 0) is 0 Å². The first-order valence-corrected chi connectivity index (χ1v) is 5.36. The van der Waals surface area contributed by atoms with Crippen molar-refractivity contribution in [3.63, 3.8) is 0 Å². The van der Waals surface area contributed by atoms with Crippen molar-refractivity contribution in [1.82, 2.24) is 0 Å². The Hall–Kier alpha value is -1.26. The summed E-state index contributed by atoms with van der Waals surface area (Å²) < 4.78 is 26.8. The molecule has 2 aromatic rings. The van der Waals surface area contributed by atoms with Crippen molar-refractivity contribution in [3.05, 3.63) is 57.8 Å². The van der Waals surface area contributed by atoms with E-state index >= 15 is 0 Å². The molecule has 15 heavy (non-hydrogen) atoms. The largest absolute Gasteiger partial charge is 0.320 e. The van der Waals surface area contributed by atoms with Crippen LogP contribution in [-0.4, -0.2) is 0 Å². The Balaban J connectivity index is 2.46. The number of halogens is 2. The van der Waals surface area contributed by atoms with Gasteiger partial charge in [-0.25, -0.2) is 8.78 Å². The Labute approximate surface area is 90.2 Å². The summed E-state index contributed by atoms with van der Waals surface area (Å²) in [4.78, 5) is 0. The van der Waals surface area contributed by atoms with Gasteiger partial charge in [-0.1, -0.05) is 6.07 Å². The molecule has 1 atom stereocenters. The topological polar surface area (TPSA) is 26.0 Å². The summed E-state index contributed by atoms with van der Waals surface area (Å²) in [6, 6.07) is 4.78. The molecular formula is C11H9F2NS. The lowest BCUT2D eigenvalue weighted by atomic mass is 10.0. The van der Waals surface area contributed by atoms with Crippen molar-refractivity contribution in [1.29, 1.82) is 0 Å². The summed E-state index contributed by atoms with van der Waals surface area (Å²) in [5.41, 5.74) is 6.44. The molecule has 0 aliphatic rings. The Bertz CT molecular complexity index is 433. The first-order chi connectivity index (χ1) is 7.20. The van der Waals surface area contributed by atoms with Gasteiger partial charge in [0.15, 0.2) is 0 Å². The molecule has 1 heterocycles. The highest BCUT2D eigenvalue weighted by Crippen LogP contribution is 2.25. The second kappa shape index (κ2) is 4.08. The van der Waals surface area contributed by atoms with Crippen LogP contribution in [0.3, 0.4) is 0 Å². The van der Waals surface area contributed by atoms with Gasteiger partial charge in [0.05, 0.1) is 6.04 Å². The third-order valence-electron chi connectivity index (χ3n) is 2.21. The predicted molar refractivity (Wildman–Crippen MR) is 56.7 cm³/mol. The van der Waals surface area contributed by atoms with E-state index < -0.39 is 17.7 Å². The van der Waals surface area contributed by atoms with E-state index in [-0.39, 0.29) is 5.56 Å². The molecule has 0 fully saturated rings. The summed E-state index contributed by atoms with van der Waals surface area (Å²) in [6.07, 6.45) is 0. The molecule has 0 bridgehead atoms. The number of hydrogen-bond donors (Lipinski definition) is 1. The predicted octanol–water partition coefficient (Wildman–Crippen LogP) is 3.07. The smallest absolute Gasteiger partial charge is 0.131 e. The molecule has 2 N–H and O–H groups in total. The molecule has 0 aliphatic carbocycles. The zero-order valence-electron chi connectivity index (χ0n) is 7.78. The van der Waals surface area contributed by atoms with E-state index in [2.05, 4.69) is 0 Å². The second-order valence-corrected chi connectivity index (χ2v) is 3.95. The Morgan fingerprint density at radius 1 is 1.13 bits per heavy atom. The van der Waals surface area contributed by atoms with Crippen molar-refractivity contribution in [2.24, 2.45) is 5.73 Å². The standard InChI is InChI=1S/C11H9F2NS/c12-8-2-1-3-9(13)10(8)11(14)7-4-5-15-6-7/h1-6,11H,14H2/t11-/m0/s1. The number of nitrogens with two attached hydrogens (primary N) is 1. The van der Waals surface area contributed by atoms with Gasteiger partial charge in [-0.3, -0.25) is 0 Å². The maximum Gasteiger partial charge on any atom is 0.131 e. The van der Waals surface area contributed by atoms with Crippen LogP contribution in [0.15, 0.2) is 35.0 Å². The van der Waals surface area contributed by atoms with Crippen LogP contribution in [0.1, 0.15) is 17.2 Å². The van der Waals surface area contributed by atoms with Gasteiger partial charge in [0.1, 0.15) is 11.6 Å². The van der Waals surface area contributed by atoms with Gasteiger partial charge >= 0.3 is 0 Å². The van der Waals surface area contributed by atoms with Gasteiger partial charge in [0.2, 0.25) is 0 Å². The number of thiophene rings is 1. The third-order valence-corrected chi connectivity index (χ3v) is 2.91. The maximum atomic E-state index is 13.4. The van der Waals surface area contributed by atoms with Gasteiger partial charge in [-0.2, -0.15) is 11.3 Å². The van der Waals surface area contributed by atoms with Crippen molar-refractivity contribution < 1.29 is 8.78 Å². The summed E-state index contributed by atoms with van der Waals surface area (Å²) >= 11 is 1.45. The van der Waals surface area contributed by atoms with Crippen molar-refractivity contribution in [2.45, 2.75) is 6.04 Å². The van der Waals surface area contributed by atoms with Crippen LogP contribution in [0.4, 0.5) is 8.78 Å². The SMILES string of the molecule is N[C@@H](c1ccsc1)c1c(F)cccc1F. The van der Waals surface area contributed by atoms with Crippen LogP contribution in [0.5, 0.6) is 0 Å². The third kappa shape index (κ3) is 1.91. The highest BCUT2D eigenvalue weighted by Gasteiger charge is 2.17. The number of benzene rings is 1. The van der Waals surface area contributed by atoms with E-state index in [1.807, 2.05) is 5.38 Å².